The molecule has 0 aliphatic heterocycles. The zero-order valence-electron chi connectivity index (χ0n) is 9.53. The predicted molar refractivity (Wildman–Crippen MR) is 61.8 cm³/mol. The van der Waals surface area contributed by atoms with Crippen molar-refractivity contribution in [3.63, 3.8) is 0 Å². The lowest BCUT2D eigenvalue weighted by Crippen LogP contribution is -2.20. The molecular weight excluding hydrogens is 243 g/mol. The Balaban J connectivity index is 2.48. The molecule has 0 fully saturated rings. The van der Waals surface area contributed by atoms with E-state index < -0.39 is 17.3 Å². The minimum Gasteiger partial charge on any atom is -0.284 e. The van der Waals surface area contributed by atoms with Gasteiger partial charge in [-0.05, 0) is 25.1 Å². The molecule has 0 aliphatic rings. The number of halogens is 3. The minimum atomic E-state index is -4.49. The average molecular weight is 253 g/mol. The highest BCUT2D eigenvalue weighted by Gasteiger charge is 2.30. The summed E-state index contributed by atoms with van der Waals surface area (Å²) in [6, 6.07) is 8.44. The summed E-state index contributed by atoms with van der Waals surface area (Å²) in [6.07, 6.45) is -3.36. The summed E-state index contributed by atoms with van der Waals surface area (Å²) in [7, 11) is 0. The van der Waals surface area contributed by atoms with Gasteiger partial charge in [-0.1, -0.05) is 17.7 Å². The van der Waals surface area contributed by atoms with Gasteiger partial charge in [-0.15, -0.1) is 0 Å². The van der Waals surface area contributed by atoms with Gasteiger partial charge in [0.25, 0.3) is 5.56 Å². The highest BCUT2D eigenvalue weighted by molar-refractivity contribution is 5.35. The first-order valence-electron chi connectivity index (χ1n) is 5.25. The quantitative estimate of drug-likeness (QED) is 0.765. The Morgan fingerprint density at radius 3 is 2.17 bits per heavy atom. The van der Waals surface area contributed by atoms with Crippen LogP contribution in [0.25, 0.3) is 5.69 Å². The molecule has 0 aliphatic carbocycles. The average Bonchev–Trinajstić information content (AvgIpc) is 2.29. The Labute approximate surface area is 101 Å². The Morgan fingerprint density at radius 1 is 1.06 bits per heavy atom. The van der Waals surface area contributed by atoms with Crippen molar-refractivity contribution in [2.45, 2.75) is 13.1 Å². The molecule has 1 heterocycles. The number of aryl methyl sites for hydroxylation is 1. The molecule has 1 aromatic heterocycles. The molecule has 5 heteroatoms. The van der Waals surface area contributed by atoms with E-state index in [2.05, 4.69) is 0 Å². The third kappa shape index (κ3) is 2.45. The second kappa shape index (κ2) is 4.33. The summed E-state index contributed by atoms with van der Waals surface area (Å²) in [5.74, 6) is 0. The van der Waals surface area contributed by atoms with E-state index in [4.69, 9.17) is 0 Å². The first kappa shape index (κ1) is 12.4. The van der Waals surface area contributed by atoms with Crippen molar-refractivity contribution in [3.8, 4) is 5.69 Å². The summed E-state index contributed by atoms with van der Waals surface area (Å²) < 4.78 is 38.4. The van der Waals surface area contributed by atoms with Crippen molar-refractivity contribution < 1.29 is 13.2 Å². The normalized spacial score (nSPS) is 11.6. The maximum atomic E-state index is 12.4. The third-order valence-corrected chi connectivity index (χ3v) is 2.56. The Bertz CT molecular complexity index is 611. The predicted octanol–water partition coefficient (Wildman–Crippen LogP) is 3.16. The number of aromatic nitrogens is 1. The Hall–Kier alpha value is -2.04. The van der Waals surface area contributed by atoms with Crippen molar-refractivity contribution in [2.75, 3.05) is 0 Å². The second-order valence-electron chi connectivity index (χ2n) is 3.96. The largest absolute Gasteiger partial charge is 0.416 e. The van der Waals surface area contributed by atoms with Gasteiger partial charge in [-0.3, -0.25) is 9.36 Å². The van der Waals surface area contributed by atoms with Crippen LogP contribution < -0.4 is 5.56 Å². The van der Waals surface area contributed by atoms with Crippen LogP contribution in [0.15, 0.2) is 47.4 Å². The summed E-state index contributed by atoms with van der Waals surface area (Å²) in [5.41, 5.74) is -0.0809. The van der Waals surface area contributed by atoms with Gasteiger partial charge in [0.15, 0.2) is 0 Å². The van der Waals surface area contributed by atoms with E-state index in [1.807, 2.05) is 6.92 Å². The van der Waals surface area contributed by atoms with E-state index in [9.17, 15) is 18.0 Å². The lowest BCUT2D eigenvalue weighted by atomic mass is 10.2. The summed E-state index contributed by atoms with van der Waals surface area (Å²) in [5, 5.41) is 0. The number of hydrogen-bond acceptors (Lipinski definition) is 1. The van der Waals surface area contributed by atoms with Gasteiger partial charge in [0.05, 0.1) is 5.56 Å². The van der Waals surface area contributed by atoms with E-state index in [1.54, 1.807) is 24.3 Å². The molecule has 0 saturated carbocycles. The SMILES string of the molecule is Cc1ccc(-n2ccc(C(F)(F)F)cc2=O)cc1. The van der Waals surface area contributed by atoms with Crippen LogP contribution in [-0.4, -0.2) is 4.57 Å². The molecule has 0 bridgehead atoms. The molecule has 0 unspecified atom stereocenters. The molecule has 18 heavy (non-hydrogen) atoms. The topological polar surface area (TPSA) is 22.0 Å². The van der Waals surface area contributed by atoms with E-state index >= 15 is 0 Å². The third-order valence-electron chi connectivity index (χ3n) is 2.56. The lowest BCUT2D eigenvalue weighted by Gasteiger charge is -2.09. The standard InChI is InChI=1S/C13H10F3NO/c1-9-2-4-11(5-3-9)17-7-6-10(8-12(17)18)13(14,15)16/h2-8H,1H3. The second-order valence-corrected chi connectivity index (χ2v) is 3.96. The molecule has 0 atom stereocenters. The van der Waals surface area contributed by atoms with Gasteiger partial charge in [-0.2, -0.15) is 13.2 Å². The van der Waals surface area contributed by atoms with Crippen LogP contribution in [0.2, 0.25) is 0 Å². The van der Waals surface area contributed by atoms with Crippen LogP contribution in [0.1, 0.15) is 11.1 Å². The maximum absolute atomic E-state index is 12.4. The van der Waals surface area contributed by atoms with Gasteiger partial charge >= 0.3 is 6.18 Å². The van der Waals surface area contributed by atoms with Crippen molar-refractivity contribution >= 4 is 0 Å². The smallest absolute Gasteiger partial charge is 0.284 e. The van der Waals surface area contributed by atoms with E-state index in [0.29, 0.717) is 11.8 Å². The number of pyridine rings is 1. The van der Waals surface area contributed by atoms with Gasteiger partial charge in [0, 0.05) is 18.0 Å². The number of nitrogens with zero attached hydrogens (tertiary/aromatic N) is 1. The van der Waals surface area contributed by atoms with E-state index in [1.165, 1.54) is 4.57 Å². The molecule has 0 N–H and O–H groups in total. The molecule has 2 nitrogen and oxygen atoms in total. The van der Waals surface area contributed by atoms with Crippen LogP contribution in [0.4, 0.5) is 13.2 Å². The lowest BCUT2D eigenvalue weighted by molar-refractivity contribution is -0.137. The monoisotopic (exact) mass is 253 g/mol. The fourth-order valence-corrected chi connectivity index (χ4v) is 1.57. The number of alkyl halides is 3. The maximum Gasteiger partial charge on any atom is 0.416 e. The molecule has 94 valence electrons. The minimum absolute atomic E-state index is 0.541. The fraction of sp³-hybridized carbons (Fsp3) is 0.154. The van der Waals surface area contributed by atoms with Crippen LogP contribution in [-0.2, 0) is 6.18 Å². The first-order chi connectivity index (χ1) is 8.38. The van der Waals surface area contributed by atoms with Crippen LogP contribution in [0, 0.1) is 6.92 Å². The fourth-order valence-electron chi connectivity index (χ4n) is 1.57. The highest BCUT2D eigenvalue weighted by Crippen LogP contribution is 2.27. The number of rotatable bonds is 1. The van der Waals surface area contributed by atoms with E-state index in [0.717, 1.165) is 17.8 Å². The van der Waals surface area contributed by atoms with Gasteiger partial charge < -0.3 is 0 Å². The van der Waals surface area contributed by atoms with Crippen molar-refractivity contribution in [1.29, 1.82) is 0 Å². The molecule has 2 aromatic rings. The van der Waals surface area contributed by atoms with Crippen molar-refractivity contribution in [1.82, 2.24) is 4.57 Å². The highest BCUT2D eigenvalue weighted by atomic mass is 19.4. The van der Waals surface area contributed by atoms with E-state index in [-0.39, 0.29) is 0 Å². The van der Waals surface area contributed by atoms with Crippen molar-refractivity contribution in [2.24, 2.45) is 0 Å². The van der Waals surface area contributed by atoms with Crippen LogP contribution >= 0.6 is 0 Å². The molecule has 0 amide bonds. The number of hydrogen-bond donors (Lipinski definition) is 0. The van der Waals surface area contributed by atoms with Gasteiger partial charge in [0.1, 0.15) is 0 Å². The zero-order valence-corrected chi connectivity index (χ0v) is 9.53. The van der Waals surface area contributed by atoms with Gasteiger partial charge in [0.2, 0.25) is 0 Å². The number of benzene rings is 1. The summed E-state index contributed by atoms with van der Waals surface area (Å²) in [4.78, 5) is 11.6. The summed E-state index contributed by atoms with van der Waals surface area (Å²) >= 11 is 0. The molecule has 0 radical (unpaired) electrons. The van der Waals surface area contributed by atoms with Gasteiger partial charge in [-0.25, -0.2) is 0 Å². The molecule has 0 spiro atoms. The van der Waals surface area contributed by atoms with Crippen molar-refractivity contribution in [3.05, 3.63) is 64.1 Å². The Kier molecular flexibility index (Phi) is 2.98. The summed E-state index contributed by atoms with van der Waals surface area (Å²) in [6.45, 7) is 1.89. The molecular formula is C13H10F3NO. The zero-order chi connectivity index (χ0) is 13.3. The molecule has 1 aromatic carbocycles. The molecule has 0 saturated heterocycles. The first-order valence-corrected chi connectivity index (χ1v) is 5.25. The molecule has 2 rings (SSSR count). The Morgan fingerprint density at radius 2 is 1.67 bits per heavy atom. The van der Waals surface area contributed by atoms with Crippen LogP contribution in [0.5, 0.6) is 0 Å². The van der Waals surface area contributed by atoms with Crippen LogP contribution in [0.3, 0.4) is 0 Å².